The quantitative estimate of drug-likeness (QED) is 0.777. The van der Waals surface area contributed by atoms with Gasteiger partial charge in [0.2, 0.25) is 0 Å². The van der Waals surface area contributed by atoms with Crippen molar-refractivity contribution in [3.63, 3.8) is 0 Å². The van der Waals surface area contributed by atoms with Crippen LogP contribution in [0.25, 0.3) is 22.6 Å². The number of aromatic nitrogens is 4. The van der Waals surface area contributed by atoms with Crippen LogP contribution in [0.3, 0.4) is 0 Å². The fourth-order valence-corrected chi connectivity index (χ4v) is 2.19. The Morgan fingerprint density at radius 3 is 2.45 bits per heavy atom. The zero-order valence-electron chi connectivity index (χ0n) is 11.2. The summed E-state index contributed by atoms with van der Waals surface area (Å²) < 4.78 is 16.5. The van der Waals surface area contributed by atoms with Crippen LogP contribution in [0.1, 0.15) is 0 Å². The third-order valence-electron chi connectivity index (χ3n) is 3.26. The van der Waals surface area contributed by atoms with E-state index in [-0.39, 0.29) is 5.82 Å². The molecule has 0 atom stereocenters. The maximum atomic E-state index is 13.1. The molecule has 2 N–H and O–H groups in total. The first-order valence-electron chi connectivity index (χ1n) is 6.14. The van der Waals surface area contributed by atoms with Crippen molar-refractivity contribution in [1.82, 2.24) is 19.3 Å². The Kier molecular flexibility index (Phi) is 2.78. The van der Waals surface area contributed by atoms with E-state index < -0.39 is 0 Å². The zero-order chi connectivity index (χ0) is 14.3. The Morgan fingerprint density at radius 1 is 1.15 bits per heavy atom. The molecule has 1 aromatic carbocycles. The van der Waals surface area contributed by atoms with Gasteiger partial charge in [0.1, 0.15) is 17.3 Å². The molecule has 2 aromatic heterocycles. The summed E-state index contributed by atoms with van der Waals surface area (Å²) >= 11 is 0. The van der Waals surface area contributed by atoms with Gasteiger partial charge in [-0.25, -0.2) is 9.37 Å². The van der Waals surface area contributed by atoms with Gasteiger partial charge >= 0.3 is 0 Å². The van der Waals surface area contributed by atoms with Crippen LogP contribution in [-0.2, 0) is 14.1 Å². The number of halogens is 1. The Balaban J connectivity index is 2.25. The Labute approximate surface area is 115 Å². The standard InChI is InChI=1S/C14H14FN5/c1-19-8-7-17-14(19)12-11(13(16)20(2)18-12)9-3-5-10(15)6-4-9/h3-8H,16H2,1-2H3. The third kappa shape index (κ3) is 1.85. The van der Waals surface area contributed by atoms with E-state index >= 15 is 0 Å². The lowest BCUT2D eigenvalue weighted by Gasteiger charge is -2.04. The Morgan fingerprint density at radius 2 is 1.85 bits per heavy atom. The Hall–Kier alpha value is -2.63. The number of rotatable bonds is 2. The van der Waals surface area contributed by atoms with Gasteiger partial charge in [0.15, 0.2) is 5.82 Å². The smallest absolute Gasteiger partial charge is 0.161 e. The summed E-state index contributed by atoms with van der Waals surface area (Å²) in [5.74, 6) is 0.959. The summed E-state index contributed by atoms with van der Waals surface area (Å²) in [7, 11) is 3.66. The molecular formula is C14H14FN5. The highest BCUT2D eigenvalue weighted by molar-refractivity contribution is 5.86. The lowest BCUT2D eigenvalue weighted by atomic mass is 10.0. The van der Waals surface area contributed by atoms with Gasteiger partial charge in [-0.3, -0.25) is 4.68 Å². The summed E-state index contributed by atoms with van der Waals surface area (Å²) in [4.78, 5) is 4.30. The molecule has 0 unspecified atom stereocenters. The number of nitrogen functional groups attached to an aromatic ring is 1. The van der Waals surface area contributed by atoms with Crippen molar-refractivity contribution < 1.29 is 4.39 Å². The maximum absolute atomic E-state index is 13.1. The van der Waals surface area contributed by atoms with Crippen molar-refractivity contribution in [3.8, 4) is 22.6 Å². The SMILES string of the molecule is Cn1ccnc1-c1nn(C)c(N)c1-c1ccc(F)cc1. The molecule has 2 heterocycles. The van der Waals surface area contributed by atoms with Gasteiger partial charge in [-0.05, 0) is 17.7 Å². The predicted octanol–water partition coefficient (Wildman–Crippen LogP) is 2.21. The number of nitrogens with zero attached hydrogens (tertiary/aromatic N) is 4. The molecule has 102 valence electrons. The van der Waals surface area contributed by atoms with Crippen LogP contribution >= 0.6 is 0 Å². The van der Waals surface area contributed by atoms with Crippen molar-refractivity contribution in [3.05, 3.63) is 42.5 Å². The first-order chi connectivity index (χ1) is 9.58. The average Bonchev–Trinajstić information content (AvgIpc) is 2.96. The second-order valence-corrected chi connectivity index (χ2v) is 4.60. The molecule has 0 fully saturated rings. The van der Waals surface area contributed by atoms with E-state index in [1.807, 2.05) is 17.8 Å². The molecule has 0 amide bonds. The molecule has 0 aliphatic rings. The van der Waals surface area contributed by atoms with Crippen molar-refractivity contribution >= 4 is 5.82 Å². The maximum Gasteiger partial charge on any atom is 0.161 e. The van der Waals surface area contributed by atoms with Crippen molar-refractivity contribution in [2.45, 2.75) is 0 Å². The summed E-state index contributed by atoms with van der Waals surface area (Å²) in [5.41, 5.74) is 8.36. The monoisotopic (exact) mass is 271 g/mol. The highest BCUT2D eigenvalue weighted by atomic mass is 19.1. The van der Waals surface area contributed by atoms with Crippen molar-refractivity contribution in [1.29, 1.82) is 0 Å². The van der Waals surface area contributed by atoms with Gasteiger partial charge in [0.25, 0.3) is 0 Å². The number of hydrogen-bond donors (Lipinski definition) is 1. The van der Waals surface area contributed by atoms with Gasteiger partial charge in [0, 0.05) is 26.5 Å². The van der Waals surface area contributed by atoms with Gasteiger partial charge < -0.3 is 10.3 Å². The van der Waals surface area contributed by atoms with Crippen LogP contribution in [-0.4, -0.2) is 19.3 Å². The minimum absolute atomic E-state index is 0.283. The van der Waals surface area contributed by atoms with Gasteiger partial charge in [-0.2, -0.15) is 5.10 Å². The average molecular weight is 271 g/mol. The second kappa shape index (κ2) is 4.48. The Bertz CT molecular complexity index is 754. The lowest BCUT2D eigenvalue weighted by molar-refractivity contribution is 0.628. The van der Waals surface area contributed by atoms with E-state index in [9.17, 15) is 4.39 Å². The van der Waals surface area contributed by atoms with Crippen LogP contribution in [0.5, 0.6) is 0 Å². The molecule has 3 aromatic rings. The molecule has 0 aliphatic carbocycles. The molecule has 0 saturated carbocycles. The zero-order valence-corrected chi connectivity index (χ0v) is 11.2. The lowest BCUT2D eigenvalue weighted by Crippen LogP contribution is -1.98. The molecule has 20 heavy (non-hydrogen) atoms. The van der Waals surface area contributed by atoms with E-state index in [4.69, 9.17) is 5.73 Å². The number of nitrogens with two attached hydrogens (primary N) is 1. The third-order valence-corrected chi connectivity index (χ3v) is 3.26. The van der Waals surface area contributed by atoms with Gasteiger partial charge in [-0.1, -0.05) is 12.1 Å². The first kappa shape index (κ1) is 12.4. The highest BCUT2D eigenvalue weighted by Gasteiger charge is 2.20. The first-order valence-corrected chi connectivity index (χ1v) is 6.14. The fraction of sp³-hybridized carbons (Fsp3) is 0.143. The van der Waals surface area contributed by atoms with E-state index in [1.54, 1.807) is 30.1 Å². The van der Waals surface area contributed by atoms with Crippen molar-refractivity contribution in [2.75, 3.05) is 5.73 Å². The van der Waals surface area contributed by atoms with Crippen LogP contribution in [0.15, 0.2) is 36.7 Å². The second-order valence-electron chi connectivity index (χ2n) is 4.60. The van der Waals surface area contributed by atoms with Gasteiger partial charge in [0.05, 0.1) is 5.56 Å². The molecule has 3 rings (SSSR count). The number of hydrogen-bond acceptors (Lipinski definition) is 3. The summed E-state index contributed by atoms with van der Waals surface area (Å²) in [5, 5.41) is 4.43. The van der Waals surface area contributed by atoms with Crippen LogP contribution in [0.2, 0.25) is 0 Å². The fourth-order valence-electron chi connectivity index (χ4n) is 2.19. The minimum atomic E-state index is -0.283. The molecular weight excluding hydrogens is 257 g/mol. The van der Waals surface area contributed by atoms with Crippen molar-refractivity contribution in [2.24, 2.45) is 14.1 Å². The van der Waals surface area contributed by atoms with Gasteiger partial charge in [-0.15, -0.1) is 0 Å². The summed E-state index contributed by atoms with van der Waals surface area (Å²) in [6.45, 7) is 0. The van der Waals surface area contributed by atoms with Crippen LogP contribution in [0, 0.1) is 5.82 Å². The van der Waals surface area contributed by atoms with E-state index in [0.29, 0.717) is 11.5 Å². The topological polar surface area (TPSA) is 61.7 Å². The van der Waals surface area contributed by atoms with E-state index in [1.165, 1.54) is 12.1 Å². The summed E-state index contributed by atoms with van der Waals surface area (Å²) in [6.07, 6.45) is 3.54. The molecule has 0 saturated heterocycles. The molecule has 0 radical (unpaired) electrons. The molecule has 6 heteroatoms. The largest absolute Gasteiger partial charge is 0.383 e. The molecule has 0 spiro atoms. The molecule has 0 aliphatic heterocycles. The van der Waals surface area contributed by atoms with E-state index in [2.05, 4.69) is 10.1 Å². The minimum Gasteiger partial charge on any atom is -0.383 e. The van der Waals surface area contributed by atoms with Crippen LogP contribution in [0.4, 0.5) is 10.2 Å². The molecule has 5 nitrogen and oxygen atoms in total. The number of benzene rings is 1. The number of aryl methyl sites for hydroxylation is 2. The highest BCUT2D eigenvalue weighted by Crippen LogP contribution is 2.34. The predicted molar refractivity (Wildman–Crippen MR) is 75.2 cm³/mol. The van der Waals surface area contributed by atoms with Crippen LogP contribution < -0.4 is 5.73 Å². The summed E-state index contributed by atoms with van der Waals surface area (Å²) in [6, 6.07) is 6.19. The normalized spacial score (nSPS) is 10.9. The number of anilines is 1. The van der Waals surface area contributed by atoms with E-state index in [0.717, 1.165) is 17.0 Å². The number of imidazole rings is 1. The molecule has 0 bridgehead atoms.